The summed E-state index contributed by atoms with van der Waals surface area (Å²) in [5.74, 6) is 0. The van der Waals surface area contributed by atoms with Crippen molar-refractivity contribution in [1.29, 1.82) is 0 Å². The number of fused-ring (bicyclic) bond motifs is 12. The quantitative estimate of drug-likeness (QED) is 0.120. The maximum absolute atomic E-state index is 14.8. The molecule has 1 spiro atoms. The zero-order chi connectivity index (χ0) is 51.0. The molecule has 10 aromatic carbocycles. The van der Waals surface area contributed by atoms with Gasteiger partial charge in [-0.25, -0.2) is 4.48 Å². The average Bonchev–Trinajstić information content (AvgIpc) is 3.59. The summed E-state index contributed by atoms with van der Waals surface area (Å²) in [5.41, 5.74) is -7.23. The Hall–Kier alpha value is -8.16. The zero-order valence-corrected chi connectivity index (χ0v) is 37.5. The fraction of sp³-hybridized carbons (Fsp3) is 0.0667. The van der Waals surface area contributed by atoms with E-state index in [1.807, 2.05) is 85.2 Å². The molecule has 0 saturated carbocycles. The van der Waals surface area contributed by atoms with Crippen molar-refractivity contribution in [3.05, 3.63) is 234 Å². The van der Waals surface area contributed by atoms with Crippen molar-refractivity contribution < 1.29 is 57.2 Å². The van der Waals surface area contributed by atoms with Gasteiger partial charge in [-0.2, -0.15) is 52.7 Å². The summed E-state index contributed by atoms with van der Waals surface area (Å²) in [7, 11) is 0. The molecule has 1 nitrogen and oxygen atoms in total. The first-order chi connectivity index (χ1) is 34.6. The third-order valence-electron chi connectivity index (χ3n) is 13.8. The highest BCUT2D eigenvalue weighted by Gasteiger charge is 2.39. The van der Waals surface area contributed by atoms with Crippen LogP contribution in [-0.2, 0) is 24.7 Å². The smallest absolute Gasteiger partial charge is 0.217 e. The van der Waals surface area contributed by atoms with Crippen LogP contribution in [0, 0.1) is 20.9 Å². The monoisotopic (exact) mass is 994 g/mol. The second-order valence-corrected chi connectivity index (χ2v) is 18.4. The van der Waals surface area contributed by atoms with Gasteiger partial charge in [0, 0.05) is 41.7 Å². The summed E-state index contributed by atoms with van der Waals surface area (Å²) in [6.07, 6.45) is -13.9. The predicted molar refractivity (Wildman–Crippen MR) is 259 cm³/mol. The SMILES string of the molecule is FC(F)(F)c1cc(-c2cc3ccccc3c3c2=C[N+]2(C=c4ccc5ccccc5c4=c4c(ccc5ccccc45)=C2)C=c2c(-c4cc(C(F)(F)F)cc(C(F)(F)F)c4)cc4ccccc4c2=3)cc(C(F)(F)F)c1. The summed E-state index contributed by atoms with van der Waals surface area (Å²) in [6.45, 7) is 0. The van der Waals surface area contributed by atoms with Crippen LogP contribution in [0.4, 0.5) is 52.7 Å². The third-order valence-corrected chi connectivity index (χ3v) is 13.8. The third kappa shape index (κ3) is 7.72. The molecule has 0 fully saturated rings. The summed E-state index contributed by atoms with van der Waals surface area (Å²) >= 11 is 0. The van der Waals surface area contributed by atoms with E-state index in [2.05, 4.69) is 0 Å². The van der Waals surface area contributed by atoms with Crippen molar-refractivity contribution in [2.75, 3.05) is 0 Å². The molecule has 0 bridgehead atoms. The van der Waals surface area contributed by atoms with Gasteiger partial charge in [0.05, 0.1) is 22.3 Å². The van der Waals surface area contributed by atoms with Crippen molar-refractivity contribution >= 4 is 67.9 Å². The lowest BCUT2D eigenvalue weighted by molar-refractivity contribution is -0.583. The van der Waals surface area contributed by atoms with E-state index in [-0.39, 0.29) is 44.1 Å². The highest BCUT2D eigenvalue weighted by molar-refractivity contribution is 5.94. The number of rotatable bonds is 2. The highest BCUT2D eigenvalue weighted by Crippen LogP contribution is 2.41. The molecule has 0 atom stereocenters. The number of quaternary nitrogens is 1. The molecule has 0 N–H and O–H groups in total. The van der Waals surface area contributed by atoms with Crippen LogP contribution in [0.5, 0.6) is 0 Å². The lowest BCUT2D eigenvalue weighted by atomic mass is 9.90. The molecular weight excluding hydrogens is 963 g/mol. The van der Waals surface area contributed by atoms with Crippen LogP contribution in [0.1, 0.15) is 22.3 Å². The van der Waals surface area contributed by atoms with E-state index in [1.54, 1.807) is 60.9 Å². The van der Waals surface area contributed by atoms with Crippen LogP contribution in [0.3, 0.4) is 0 Å². The average molecular weight is 995 g/mol. The molecule has 13 heteroatoms. The second-order valence-electron chi connectivity index (χ2n) is 18.4. The van der Waals surface area contributed by atoms with Gasteiger partial charge in [0.1, 0.15) is 24.8 Å². The zero-order valence-electron chi connectivity index (χ0n) is 37.5. The number of nitrogens with zero attached hydrogens (tertiary/aromatic N) is 1. The van der Waals surface area contributed by atoms with E-state index in [1.165, 1.54) is 12.1 Å². The molecule has 2 heterocycles. The second kappa shape index (κ2) is 15.9. The van der Waals surface area contributed by atoms with Gasteiger partial charge in [-0.15, -0.1) is 0 Å². The molecule has 10 aromatic rings. The number of hydrogen-bond donors (Lipinski definition) is 0. The molecule has 0 radical (unpaired) electrons. The lowest BCUT2D eigenvalue weighted by Gasteiger charge is -2.22. The van der Waals surface area contributed by atoms with Crippen molar-refractivity contribution in [2.24, 2.45) is 0 Å². The summed E-state index contributed by atoms with van der Waals surface area (Å²) < 4.78 is 177. The summed E-state index contributed by atoms with van der Waals surface area (Å²) in [4.78, 5) is 0. The van der Waals surface area contributed by atoms with Crippen molar-refractivity contribution in [3.63, 3.8) is 0 Å². The fourth-order valence-electron chi connectivity index (χ4n) is 10.7. The maximum atomic E-state index is 14.8. The Balaban J connectivity index is 1.41. The van der Waals surface area contributed by atoms with E-state index >= 15 is 0 Å². The van der Waals surface area contributed by atoms with Crippen LogP contribution >= 0.6 is 0 Å². The van der Waals surface area contributed by atoms with Gasteiger partial charge in [0.15, 0.2) is 0 Å². The molecule has 0 amide bonds. The highest BCUT2D eigenvalue weighted by atomic mass is 19.4. The fourth-order valence-corrected chi connectivity index (χ4v) is 10.7. The minimum atomic E-state index is -5.22. The minimum Gasteiger partial charge on any atom is -0.217 e. The van der Waals surface area contributed by atoms with Crippen LogP contribution in [-0.4, -0.2) is 4.48 Å². The van der Waals surface area contributed by atoms with Gasteiger partial charge in [-0.3, -0.25) is 0 Å². The maximum Gasteiger partial charge on any atom is 0.416 e. The van der Waals surface area contributed by atoms with Crippen molar-refractivity contribution in [3.8, 4) is 22.3 Å². The molecule has 360 valence electrons. The molecule has 0 saturated heterocycles. The lowest BCUT2D eigenvalue weighted by Crippen LogP contribution is -2.32. The Morgan fingerprint density at radius 1 is 0.274 bits per heavy atom. The molecule has 2 aliphatic heterocycles. The molecule has 0 aromatic heterocycles. The molecule has 12 rings (SSSR count). The van der Waals surface area contributed by atoms with Crippen LogP contribution < -0.4 is 20.9 Å². The molecule has 0 unspecified atom stereocenters. The predicted octanol–water partition coefficient (Wildman–Crippen LogP) is 14.8. The van der Waals surface area contributed by atoms with Gasteiger partial charge < -0.3 is 0 Å². The van der Waals surface area contributed by atoms with Crippen LogP contribution in [0.2, 0.25) is 0 Å². The Labute approximate surface area is 404 Å². The minimum absolute atomic E-state index is 0.0486. The van der Waals surface area contributed by atoms with E-state index in [0.29, 0.717) is 56.2 Å². The first-order valence-electron chi connectivity index (χ1n) is 22.7. The van der Waals surface area contributed by atoms with E-state index < -0.39 is 62.6 Å². The number of alkyl halides is 12. The largest absolute Gasteiger partial charge is 0.416 e. The van der Waals surface area contributed by atoms with Crippen LogP contribution in [0.15, 0.2) is 170 Å². The standard InChI is InChI=1S/C60H32F12N/c61-57(62,63)41-21-39(22-42(27-41)58(64,65)66)49-25-35-11-3-7-15-47(35)55-51(49)31-73(29-37-19-17-33-9-1-5-13-45(33)53(37)54-38(30-73)20-18-34-10-2-6-14-46(34)54)32-52-50(26-36-12-4-8-16-48(36)56(52)55)40-23-43(59(67,68)69)28-44(24-40)60(70,71)72/h1-32H/q+1. The van der Waals surface area contributed by atoms with Crippen molar-refractivity contribution in [1.82, 2.24) is 0 Å². The number of benzene rings is 10. The van der Waals surface area contributed by atoms with Crippen molar-refractivity contribution in [2.45, 2.75) is 24.7 Å². The first-order valence-corrected chi connectivity index (χ1v) is 22.7. The first kappa shape index (κ1) is 45.9. The Morgan fingerprint density at radius 3 is 0.904 bits per heavy atom. The molecule has 0 aliphatic carbocycles. The Kier molecular flexibility index (Phi) is 10.0. The molecular formula is C60H32F12N+. The van der Waals surface area contributed by atoms with Gasteiger partial charge in [0.2, 0.25) is 0 Å². The van der Waals surface area contributed by atoms with Crippen LogP contribution in [0.25, 0.3) is 90.1 Å². The number of hydrogen-bond acceptors (Lipinski definition) is 0. The van der Waals surface area contributed by atoms with E-state index in [9.17, 15) is 52.7 Å². The number of halogens is 12. The summed E-state index contributed by atoms with van der Waals surface area (Å²) in [5, 5.41) is 8.68. The van der Waals surface area contributed by atoms with Gasteiger partial charge in [0.25, 0.3) is 0 Å². The Morgan fingerprint density at radius 2 is 0.575 bits per heavy atom. The van der Waals surface area contributed by atoms with Gasteiger partial charge >= 0.3 is 24.7 Å². The van der Waals surface area contributed by atoms with Gasteiger partial charge in [-0.05, 0) is 126 Å². The molecule has 2 aliphatic rings. The normalized spacial score (nSPS) is 14.3. The van der Waals surface area contributed by atoms with E-state index in [0.717, 1.165) is 32.0 Å². The van der Waals surface area contributed by atoms with Gasteiger partial charge in [-0.1, -0.05) is 109 Å². The Bertz CT molecular complexity index is 4160. The topological polar surface area (TPSA) is 0 Å². The summed E-state index contributed by atoms with van der Waals surface area (Å²) in [6, 6.07) is 42.0. The molecule has 73 heavy (non-hydrogen) atoms. The van der Waals surface area contributed by atoms with E-state index in [4.69, 9.17) is 0 Å².